The molecule has 0 aromatic heterocycles. The fraction of sp³-hybridized carbons (Fsp3) is 0.600. The lowest BCUT2D eigenvalue weighted by atomic mass is 9.99. The summed E-state index contributed by atoms with van der Waals surface area (Å²) in [5.74, 6) is 9.01. The number of hydrazine groups is 1. The van der Waals surface area contributed by atoms with Crippen LogP contribution in [0.2, 0.25) is 0 Å². The Bertz CT molecular complexity index is 410. The Morgan fingerprint density at radius 3 is 2.60 bits per heavy atom. The molecule has 0 bridgehead atoms. The molecular weight excluding hydrogens is 270 g/mol. The largest absolute Gasteiger partial charge is 0.491 e. The second-order valence-electron chi connectivity index (χ2n) is 5.50. The van der Waals surface area contributed by atoms with Crippen molar-refractivity contribution in [2.75, 3.05) is 25.1 Å². The first kappa shape index (κ1) is 15.6. The number of rotatable bonds is 5. The van der Waals surface area contributed by atoms with Crippen LogP contribution >= 0.6 is 11.8 Å². The van der Waals surface area contributed by atoms with E-state index in [4.69, 9.17) is 10.6 Å². The molecule has 2 unspecified atom stereocenters. The molecule has 4 nitrogen and oxygen atoms in total. The van der Waals surface area contributed by atoms with Crippen molar-refractivity contribution in [3.8, 4) is 5.75 Å². The van der Waals surface area contributed by atoms with Gasteiger partial charge >= 0.3 is 0 Å². The highest BCUT2D eigenvalue weighted by atomic mass is 32.2. The lowest BCUT2D eigenvalue weighted by Gasteiger charge is -2.37. The summed E-state index contributed by atoms with van der Waals surface area (Å²) in [6.07, 6.45) is 0.199. The standard InChI is InChI=1S/C15H25N3OS/c1-11(2)19-13-6-4-12(5-7-13)15(17-16)14-10-20-9-8-18(14)3/h4-7,11,14-15,17H,8-10,16H2,1-3H3. The molecule has 0 saturated carbocycles. The van der Waals surface area contributed by atoms with Gasteiger partial charge in [0.1, 0.15) is 5.75 Å². The van der Waals surface area contributed by atoms with Gasteiger partial charge in [-0.3, -0.25) is 16.2 Å². The van der Waals surface area contributed by atoms with Crippen LogP contribution in [-0.4, -0.2) is 42.1 Å². The molecule has 5 heteroatoms. The molecule has 2 atom stereocenters. The van der Waals surface area contributed by atoms with Crippen LogP contribution in [0.5, 0.6) is 5.75 Å². The average molecular weight is 295 g/mol. The lowest BCUT2D eigenvalue weighted by molar-refractivity contribution is 0.216. The first-order valence-corrected chi connectivity index (χ1v) is 8.28. The van der Waals surface area contributed by atoms with Gasteiger partial charge in [0.25, 0.3) is 0 Å². The van der Waals surface area contributed by atoms with E-state index in [1.807, 2.05) is 37.7 Å². The van der Waals surface area contributed by atoms with E-state index in [0.29, 0.717) is 6.04 Å². The lowest BCUT2D eigenvalue weighted by Crippen LogP contribution is -2.49. The van der Waals surface area contributed by atoms with Crippen LogP contribution in [0.3, 0.4) is 0 Å². The van der Waals surface area contributed by atoms with Gasteiger partial charge in [-0.2, -0.15) is 11.8 Å². The van der Waals surface area contributed by atoms with Gasteiger partial charge in [-0.1, -0.05) is 12.1 Å². The minimum atomic E-state index is 0.154. The zero-order valence-corrected chi connectivity index (χ0v) is 13.3. The smallest absolute Gasteiger partial charge is 0.119 e. The summed E-state index contributed by atoms with van der Waals surface area (Å²) in [7, 11) is 2.17. The predicted octanol–water partition coefficient (Wildman–Crippen LogP) is 2.03. The molecule has 1 aromatic carbocycles. The molecular formula is C15H25N3OS. The Kier molecular flexibility index (Phi) is 5.72. The number of benzene rings is 1. The molecule has 1 fully saturated rings. The van der Waals surface area contributed by atoms with Gasteiger partial charge in [-0.15, -0.1) is 0 Å². The summed E-state index contributed by atoms with van der Waals surface area (Å²) in [6.45, 7) is 5.18. The van der Waals surface area contributed by atoms with Gasteiger partial charge in [-0.25, -0.2) is 0 Å². The van der Waals surface area contributed by atoms with E-state index in [-0.39, 0.29) is 12.1 Å². The third-order valence-electron chi connectivity index (χ3n) is 3.62. The summed E-state index contributed by atoms with van der Waals surface area (Å²) in [5.41, 5.74) is 4.19. The normalized spacial score (nSPS) is 21.9. The molecule has 1 aliphatic rings. The van der Waals surface area contributed by atoms with Crippen molar-refractivity contribution in [3.63, 3.8) is 0 Å². The van der Waals surface area contributed by atoms with Crippen molar-refractivity contribution in [2.24, 2.45) is 5.84 Å². The summed E-state index contributed by atoms with van der Waals surface area (Å²) >= 11 is 1.99. The quantitative estimate of drug-likeness (QED) is 0.643. The number of nitrogens with zero attached hydrogens (tertiary/aromatic N) is 1. The molecule has 0 amide bonds. The third-order valence-corrected chi connectivity index (χ3v) is 4.67. The highest BCUT2D eigenvalue weighted by Crippen LogP contribution is 2.27. The monoisotopic (exact) mass is 295 g/mol. The van der Waals surface area contributed by atoms with Crippen LogP contribution in [-0.2, 0) is 0 Å². The van der Waals surface area contributed by atoms with E-state index in [1.165, 1.54) is 11.3 Å². The second kappa shape index (κ2) is 7.31. The number of likely N-dealkylation sites (N-methyl/N-ethyl adjacent to an activating group) is 1. The molecule has 2 rings (SSSR count). The molecule has 1 aliphatic heterocycles. The summed E-state index contributed by atoms with van der Waals surface area (Å²) in [5, 5.41) is 0. The number of thioether (sulfide) groups is 1. The third kappa shape index (κ3) is 3.88. The van der Waals surface area contributed by atoms with E-state index in [1.54, 1.807) is 0 Å². The van der Waals surface area contributed by atoms with Gasteiger partial charge in [0.15, 0.2) is 0 Å². The maximum Gasteiger partial charge on any atom is 0.119 e. The SMILES string of the molecule is CC(C)Oc1ccc(C(NN)C2CSCCN2C)cc1. The van der Waals surface area contributed by atoms with Gasteiger partial charge in [-0.05, 0) is 38.6 Å². The fourth-order valence-electron chi connectivity index (χ4n) is 2.51. The van der Waals surface area contributed by atoms with E-state index in [9.17, 15) is 0 Å². The number of nitrogens with two attached hydrogens (primary N) is 1. The zero-order chi connectivity index (χ0) is 14.5. The van der Waals surface area contributed by atoms with E-state index in [2.05, 4.69) is 29.5 Å². The molecule has 3 N–H and O–H groups in total. The second-order valence-corrected chi connectivity index (χ2v) is 6.65. The molecule has 1 aromatic rings. The summed E-state index contributed by atoms with van der Waals surface area (Å²) < 4.78 is 5.68. The highest BCUT2D eigenvalue weighted by Gasteiger charge is 2.28. The Balaban J connectivity index is 2.10. The minimum Gasteiger partial charge on any atom is -0.491 e. The molecule has 0 spiro atoms. The van der Waals surface area contributed by atoms with E-state index >= 15 is 0 Å². The van der Waals surface area contributed by atoms with Crippen LogP contribution in [0.25, 0.3) is 0 Å². The average Bonchev–Trinajstić information content (AvgIpc) is 2.43. The van der Waals surface area contributed by atoms with Crippen molar-refractivity contribution in [1.82, 2.24) is 10.3 Å². The van der Waals surface area contributed by atoms with Crippen LogP contribution in [0.1, 0.15) is 25.5 Å². The topological polar surface area (TPSA) is 50.5 Å². The number of hydrogen-bond donors (Lipinski definition) is 2. The number of nitrogens with one attached hydrogen (secondary N) is 1. The van der Waals surface area contributed by atoms with Gasteiger partial charge in [0.2, 0.25) is 0 Å². The highest BCUT2D eigenvalue weighted by molar-refractivity contribution is 7.99. The van der Waals surface area contributed by atoms with Crippen molar-refractivity contribution >= 4 is 11.8 Å². The van der Waals surface area contributed by atoms with Crippen LogP contribution < -0.4 is 16.0 Å². The number of hydrogen-bond acceptors (Lipinski definition) is 5. The molecule has 1 saturated heterocycles. The summed E-state index contributed by atoms with van der Waals surface area (Å²) in [6, 6.07) is 8.84. The van der Waals surface area contributed by atoms with E-state index < -0.39 is 0 Å². The molecule has 1 heterocycles. The molecule has 0 radical (unpaired) electrons. The number of ether oxygens (including phenoxy) is 1. The maximum absolute atomic E-state index is 5.80. The van der Waals surface area contributed by atoms with Crippen molar-refractivity contribution in [1.29, 1.82) is 0 Å². The van der Waals surface area contributed by atoms with Crippen LogP contribution in [0.15, 0.2) is 24.3 Å². The minimum absolute atomic E-state index is 0.154. The van der Waals surface area contributed by atoms with E-state index in [0.717, 1.165) is 18.0 Å². The van der Waals surface area contributed by atoms with Crippen molar-refractivity contribution in [3.05, 3.63) is 29.8 Å². The Morgan fingerprint density at radius 2 is 2.05 bits per heavy atom. The Hall–Kier alpha value is -0.750. The van der Waals surface area contributed by atoms with Crippen molar-refractivity contribution in [2.45, 2.75) is 32.0 Å². The molecule has 0 aliphatic carbocycles. The fourth-order valence-corrected chi connectivity index (χ4v) is 3.78. The van der Waals surface area contributed by atoms with Gasteiger partial charge < -0.3 is 4.74 Å². The summed E-state index contributed by atoms with van der Waals surface area (Å²) in [4.78, 5) is 2.39. The maximum atomic E-state index is 5.80. The van der Waals surface area contributed by atoms with Crippen LogP contribution in [0, 0.1) is 0 Å². The Morgan fingerprint density at radius 1 is 1.35 bits per heavy atom. The Labute approximate surface area is 126 Å². The zero-order valence-electron chi connectivity index (χ0n) is 12.5. The van der Waals surface area contributed by atoms with Gasteiger partial charge in [0.05, 0.1) is 12.1 Å². The molecule has 112 valence electrons. The predicted molar refractivity (Wildman–Crippen MR) is 86.0 cm³/mol. The first-order chi connectivity index (χ1) is 9.61. The van der Waals surface area contributed by atoms with Crippen molar-refractivity contribution < 1.29 is 4.74 Å². The van der Waals surface area contributed by atoms with Gasteiger partial charge in [0, 0.05) is 24.1 Å². The first-order valence-electron chi connectivity index (χ1n) is 7.12. The van der Waals surface area contributed by atoms with Crippen LogP contribution in [0.4, 0.5) is 0 Å². The molecule has 20 heavy (non-hydrogen) atoms.